The van der Waals surface area contributed by atoms with Gasteiger partial charge in [0.25, 0.3) is 5.69 Å². The maximum Gasteiger partial charge on any atom is 0.294 e. The van der Waals surface area contributed by atoms with Gasteiger partial charge in [-0.25, -0.2) is 12.8 Å². The van der Waals surface area contributed by atoms with Crippen molar-refractivity contribution < 1.29 is 22.5 Å². The number of rotatable bonds is 5. The third-order valence-electron chi connectivity index (χ3n) is 4.17. The summed E-state index contributed by atoms with van der Waals surface area (Å²) in [6.45, 7) is 2.64. The van der Waals surface area contributed by atoms with Gasteiger partial charge < -0.3 is 10.1 Å². The maximum absolute atomic E-state index is 14.0. The molecule has 0 bridgehead atoms. The lowest BCUT2D eigenvalue weighted by molar-refractivity contribution is -0.384. The number of hydrogen-bond donors (Lipinski definition) is 1. The van der Waals surface area contributed by atoms with Crippen LogP contribution in [0.15, 0.2) is 41.3 Å². The van der Waals surface area contributed by atoms with Crippen LogP contribution in [0.2, 0.25) is 0 Å². The molecule has 1 aliphatic heterocycles. The van der Waals surface area contributed by atoms with E-state index in [2.05, 4.69) is 5.32 Å². The second-order valence-corrected chi connectivity index (χ2v) is 8.00. The van der Waals surface area contributed by atoms with Crippen molar-refractivity contribution in [2.45, 2.75) is 11.8 Å². The third-order valence-corrected chi connectivity index (χ3v) is 6.06. The molecule has 0 amide bonds. The molecule has 1 saturated heterocycles. The highest BCUT2D eigenvalue weighted by atomic mass is 32.2. The summed E-state index contributed by atoms with van der Waals surface area (Å²) in [6.07, 6.45) is 0. The molecule has 3 rings (SSSR count). The number of morpholine rings is 1. The van der Waals surface area contributed by atoms with E-state index in [1.165, 1.54) is 28.6 Å². The zero-order valence-corrected chi connectivity index (χ0v) is 15.3. The Morgan fingerprint density at radius 1 is 1.15 bits per heavy atom. The van der Waals surface area contributed by atoms with Gasteiger partial charge in [0.2, 0.25) is 10.0 Å². The van der Waals surface area contributed by atoms with E-state index < -0.39 is 26.5 Å². The number of hydrogen-bond acceptors (Lipinski definition) is 6. The first kappa shape index (κ1) is 19.2. The minimum Gasteiger partial charge on any atom is -0.379 e. The standard InChI is InChI=1S/C17H18FN3O5S/c1-12-2-4-15(14(18)10-12)19-16-5-3-13(11-17(16)21(22)23)27(24,25)20-6-8-26-9-7-20/h2-5,10-11,19H,6-9H2,1H3. The third kappa shape index (κ3) is 4.07. The summed E-state index contributed by atoms with van der Waals surface area (Å²) in [7, 11) is -3.87. The van der Waals surface area contributed by atoms with Crippen molar-refractivity contribution in [2.75, 3.05) is 31.6 Å². The molecule has 0 aliphatic carbocycles. The van der Waals surface area contributed by atoms with Crippen LogP contribution in [0.4, 0.5) is 21.5 Å². The van der Waals surface area contributed by atoms with E-state index in [9.17, 15) is 22.9 Å². The van der Waals surface area contributed by atoms with Crippen LogP contribution in [0.25, 0.3) is 0 Å². The summed E-state index contributed by atoms with van der Waals surface area (Å²) in [4.78, 5) is 10.6. The van der Waals surface area contributed by atoms with Crippen LogP contribution in [-0.4, -0.2) is 43.9 Å². The first-order valence-electron chi connectivity index (χ1n) is 8.18. The van der Waals surface area contributed by atoms with E-state index in [-0.39, 0.29) is 42.6 Å². The smallest absolute Gasteiger partial charge is 0.294 e. The predicted molar refractivity (Wildman–Crippen MR) is 97.1 cm³/mol. The molecule has 1 N–H and O–H groups in total. The van der Waals surface area contributed by atoms with Gasteiger partial charge in [0.05, 0.1) is 28.7 Å². The molecular weight excluding hydrogens is 377 g/mol. The topological polar surface area (TPSA) is 102 Å². The monoisotopic (exact) mass is 395 g/mol. The van der Waals surface area contributed by atoms with E-state index in [4.69, 9.17) is 4.74 Å². The SMILES string of the molecule is Cc1ccc(Nc2ccc(S(=O)(=O)N3CCOCC3)cc2[N+](=O)[O-])c(F)c1. The van der Waals surface area contributed by atoms with E-state index in [0.717, 1.165) is 6.07 Å². The van der Waals surface area contributed by atoms with Crippen molar-refractivity contribution in [3.05, 3.63) is 57.9 Å². The number of ether oxygens (including phenoxy) is 1. The van der Waals surface area contributed by atoms with E-state index in [0.29, 0.717) is 5.56 Å². The molecule has 2 aromatic rings. The van der Waals surface area contributed by atoms with Crippen LogP contribution in [0.5, 0.6) is 0 Å². The summed E-state index contributed by atoms with van der Waals surface area (Å²) in [6, 6.07) is 7.95. The first-order valence-corrected chi connectivity index (χ1v) is 9.62. The molecule has 1 heterocycles. The molecular formula is C17H18FN3O5S. The number of nitro benzene ring substituents is 1. The summed E-state index contributed by atoms with van der Waals surface area (Å²) in [5.41, 5.74) is 0.319. The number of nitro groups is 1. The Hall–Kier alpha value is -2.56. The summed E-state index contributed by atoms with van der Waals surface area (Å²) < 4.78 is 45.8. The fraction of sp³-hybridized carbons (Fsp3) is 0.294. The average molecular weight is 395 g/mol. The summed E-state index contributed by atoms with van der Waals surface area (Å²) >= 11 is 0. The Balaban J connectivity index is 1.96. The van der Waals surface area contributed by atoms with Crippen molar-refractivity contribution in [3.8, 4) is 0 Å². The average Bonchev–Trinajstić information content (AvgIpc) is 2.64. The van der Waals surface area contributed by atoms with E-state index >= 15 is 0 Å². The summed E-state index contributed by atoms with van der Waals surface area (Å²) in [5, 5.41) is 14.1. The largest absolute Gasteiger partial charge is 0.379 e. The molecule has 0 atom stereocenters. The molecule has 1 fully saturated rings. The van der Waals surface area contributed by atoms with Crippen LogP contribution >= 0.6 is 0 Å². The number of halogens is 1. The van der Waals surface area contributed by atoms with Gasteiger partial charge in [0.15, 0.2) is 0 Å². The van der Waals surface area contributed by atoms with Gasteiger partial charge in [-0.15, -0.1) is 0 Å². The molecule has 8 nitrogen and oxygen atoms in total. The van der Waals surface area contributed by atoms with Crippen LogP contribution in [0, 0.1) is 22.9 Å². The fourth-order valence-corrected chi connectivity index (χ4v) is 4.16. The molecule has 0 spiro atoms. The second-order valence-electron chi connectivity index (χ2n) is 6.06. The highest BCUT2D eigenvalue weighted by Crippen LogP contribution is 2.32. The number of nitrogens with zero attached hydrogens (tertiary/aromatic N) is 2. The van der Waals surface area contributed by atoms with Crippen LogP contribution in [-0.2, 0) is 14.8 Å². The van der Waals surface area contributed by atoms with Crippen LogP contribution in [0.3, 0.4) is 0 Å². The Kier molecular flexibility index (Phi) is 5.40. The number of benzene rings is 2. The van der Waals surface area contributed by atoms with Crippen molar-refractivity contribution in [1.29, 1.82) is 0 Å². The minimum atomic E-state index is -3.87. The maximum atomic E-state index is 14.0. The summed E-state index contributed by atoms with van der Waals surface area (Å²) in [5.74, 6) is -0.561. The molecule has 10 heteroatoms. The molecule has 0 saturated carbocycles. The Morgan fingerprint density at radius 2 is 1.81 bits per heavy atom. The molecule has 27 heavy (non-hydrogen) atoms. The van der Waals surface area contributed by atoms with Crippen molar-refractivity contribution in [2.24, 2.45) is 0 Å². The lowest BCUT2D eigenvalue weighted by atomic mass is 10.2. The van der Waals surface area contributed by atoms with Crippen LogP contribution in [0.1, 0.15) is 5.56 Å². The Morgan fingerprint density at radius 3 is 2.44 bits per heavy atom. The second kappa shape index (κ2) is 7.59. The van der Waals surface area contributed by atoms with Crippen molar-refractivity contribution >= 4 is 27.1 Å². The fourth-order valence-electron chi connectivity index (χ4n) is 2.73. The van der Waals surface area contributed by atoms with E-state index in [1.54, 1.807) is 13.0 Å². The van der Waals surface area contributed by atoms with Gasteiger partial charge in [-0.05, 0) is 36.8 Å². The Labute approximate surface area is 155 Å². The van der Waals surface area contributed by atoms with E-state index in [1.807, 2.05) is 0 Å². The van der Waals surface area contributed by atoms with Gasteiger partial charge >= 0.3 is 0 Å². The molecule has 2 aromatic carbocycles. The number of nitrogens with one attached hydrogen (secondary N) is 1. The molecule has 0 unspecified atom stereocenters. The number of aryl methyl sites for hydroxylation is 1. The molecule has 0 radical (unpaired) electrons. The van der Waals surface area contributed by atoms with Gasteiger partial charge in [-0.3, -0.25) is 10.1 Å². The lowest BCUT2D eigenvalue weighted by Crippen LogP contribution is -2.40. The highest BCUT2D eigenvalue weighted by Gasteiger charge is 2.29. The quantitative estimate of drug-likeness (QED) is 0.617. The van der Waals surface area contributed by atoms with Crippen molar-refractivity contribution in [1.82, 2.24) is 4.31 Å². The minimum absolute atomic E-state index is 0.00341. The molecule has 144 valence electrons. The van der Waals surface area contributed by atoms with Gasteiger partial charge in [-0.2, -0.15) is 4.31 Å². The Bertz CT molecular complexity index is 975. The zero-order chi connectivity index (χ0) is 19.6. The number of anilines is 2. The van der Waals surface area contributed by atoms with Crippen molar-refractivity contribution in [3.63, 3.8) is 0 Å². The molecule has 1 aliphatic rings. The van der Waals surface area contributed by atoms with Crippen LogP contribution < -0.4 is 5.32 Å². The van der Waals surface area contributed by atoms with Gasteiger partial charge in [0, 0.05) is 19.2 Å². The van der Waals surface area contributed by atoms with Gasteiger partial charge in [0.1, 0.15) is 11.5 Å². The van der Waals surface area contributed by atoms with Gasteiger partial charge in [-0.1, -0.05) is 6.07 Å². The normalized spacial score (nSPS) is 15.5. The lowest BCUT2D eigenvalue weighted by Gasteiger charge is -2.26. The molecule has 0 aromatic heterocycles. The predicted octanol–water partition coefficient (Wildman–Crippen LogP) is 2.81. The first-order chi connectivity index (χ1) is 12.8. The number of sulfonamides is 1. The zero-order valence-electron chi connectivity index (χ0n) is 14.5. The highest BCUT2D eigenvalue weighted by molar-refractivity contribution is 7.89.